The van der Waals surface area contributed by atoms with Crippen molar-refractivity contribution < 1.29 is 18.4 Å². The van der Waals surface area contributed by atoms with E-state index >= 15 is 0 Å². The molecular formula is C25H25F2N5O3. The molecule has 0 amide bonds. The van der Waals surface area contributed by atoms with E-state index in [0.29, 0.717) is 31.3 Å². The lowest BCUT2D eigenvalue weighted by atomic mass is 10.1. The standard InChI is InChI=1S/C25H25F2N5O3/c26-21-9-8-19(14-22(21)27)35-24-20-16-30(15-17-4-6-18(7-5-17)32(33)34)13-10-23(20)28-25(29-24)31-11-2-1-3-12-31/h4-9,14H,1-3,10-13,15-16H2. The molecule has 1 fully saturated rings. The molecule has 0 radical (unpaired) electrons. The number of fused-ring (bicyclic) bond motifs is 1. The number of benzene rings is 2. The van der Waals surface area contributed by atoms with Crippen molar-refractivity contribution >= 4 is 11.6 Å². The maximum atomic E-state index is 13.8. The third-order valence-electron chi connectivity index (χ3n) is 6.39. The third-order valence-corrected chi connectivity index (χ3v) is 6.39. The molecule has 2 aliphatic heterocycles. The third kappa shape index (κ3) is 5.22. The fraction of sp³-hybridized carbons (Fsp3) is 0.360. The van der Waals surface area contributed by atoms with Gasteiger partial charge in [0.05, 0.1) is 16.2 Å². The van der Waals surface area contributed by atoms with Gasteiger partial charge in [-0.2, -0.15) is 4.98 Å². The van der Waals surface area contributed by atoms with Crippen molar-refractivity contribution in [2.45, 2.75) is 38.8 Å². The molecule has 2 aliphatic rings. The van der Waals surface area contributed by atoms with Crippen molar-refractivity contribution in [1.29, 1.82) is 0 Å². The average Bonchev–Trinajstić information content (AvgIpc) is 2.87. The molecule has 5 rings (SSSR count). The number of hydrogen-bond donors (Lipinski definition) is 0. The first-order valence-corrected chi connectivity index (χ1v) is 11.7. The summed E-state index contributed by atoms with van der Waals surface area (Å²) in [5, 5.41) is 10.9. The van der Waals surface area contributed by atoms with Gasteiger partial charge in [0, 0.05) is 57.3 Å². The first-order chi connectivity index (χ1) is 17.0. The molecule has 0 spiro atoms. The fourth-order valence-electron chi connectivity index (χ4n) is 4.52. The summed E-state index contributed by atoms with van der Waals surface area (Å²) < 4.78 is 33.3. The van der Waals surface area contributed by atoms with Crippen molar-refractivity contribution in [3.05, 3.63) is 81.0 Å². The minimum atomic E-state index is -0.985. The highest BCUT2D eigenvalue weighted by Crippen LogP contribution is 2.33. The average molecular weight is 482 g/mol. The Bertz CT molecular complexity index is 1230. The van der Waals surface area contributed by atoms with Crippen LogP contribution < -0.4 is 9.64 Å². The van der Waals surface area contributed by atoms with Crippen LogP contribution in [0.2, 0.25) is 0 Å². The van der Waals surface area contributed by atoms with Gasteiger partial charge in [0.25, 0.3) is 5.69 Å². The second kappa shape index (κ2) is 9.91. The van der Waals surface area contributed by atoms with Crippen LogP contribution >= 0.6 is 0 Å². The van der Waals surface area contributed by atoms with Gasteiger partial charge in [0.1, 0.15) is 5.75 Å². The molecule has 2 aromatic carbocycles. The molecular weight excluding hydrogens is 456 g/mol. The summed E-state index contributed by atoms with van der Waals surface area (Å²) >= 11 is 0. The Morgan fingerprint density at radius 1 is 0.971 bits per heavy atom. The van der Waals surface area contributed by atoms with Gasteiger partial charge in [0.2, 0.25) is 11.8 Å². The molecule has 8 nitrogen and oxygen atoms in total. The maximum Gasteiger partial charge on any atom is 0.269 e. The predicted molar refractivity (Wildman–Crippen MR) is 125 cm³/mol. The van der Waals surface area contributed by atoms with Crippen LogP contribution in [0.1, 0.15) is 36.1 Å². The Hall–Kier alpha value is -3.66. The van der Waals surface area contributed by atoms with Gasteiger partial charge in [-0.25, -0.2) is 13.8 Å². The number of nitrogens with zero attached hydrogens (tertiary/aromatic N) is 5. The van der Waals surface area contributed by atoms with E-state index in [0.717, 1.165) is 61.4 Å². The van der Waals surface area contributed by atoms with Crippen molar-refractivity contribution in [3.63, 3.8) is 0 Å². The van der Waals surface area contributed by atoms with Crippen LogP contribution in [-0.4, -0.2) is 39.4 Å². The summed E-state index contributed by atoms with van der Waals surface area (Å²) in [6, 6.07) is 9.93. The monoisotopic (exact) mass is 481 g/mol. The van der Waals surface area contributed by atoms with E-state index in [1.807, 2.05) is 0 Å². The van der Waals surface area contributed by atoms with Crippen LogP contribution in [0.15, 0.2) is 42.5 Å². The number of non-ortho nitro benzene ring substituents is 1. The zero-order valence-corrected chi connectivity index (χ0v) is 19.1. The molecule has 3 heterocycles. The van der Waals surface area contributed by atoms with Gasteiger partial charge in [-0.1, -0.05) is 12.1 Å². The minimum Gasteiger partial charge on any atom is -0.438 e. The van der Waals surface area contributed by atoms with E-state index in [-0.39, 0.29) is 11.4 Å². The number of anilines is 1. The summed E-state index contributed by atoms with van der Waals surface area (Å²) in [6.45, 7) is 3.60. The Morgan fingerprint density at radius 2 is 1.74 bits per heavy atom. The predicted octanol–water partition coefficient (Wildman–Crippen LogP) is 5.00. The van der Waals surface area contributed by atoms with Gasteiger partial charge in [-0.3, -0.25) is 15.0 Å². The molecule has 3 aromatic rings. The number of ether oxygens (including phenoxy) is 1. The largest absolute Gasteiger partial charge is 0.438 e. The van der Waals surface area contributed by atoms with E-state index in [2.05, 4.69) is 9.80 Å². The first kappa shape index (κ1) is 23.1. The van der Waals surface area contributed by atoms with Gasteiger partial charge < -0.3 is 9.64 Å². The van der Waals surface area contributed by atoms with Crippen LogP contribution in [0.25, 0.3) is 0 Å². The smallest absolute Gasteiger partial charge is 0.269 e. The summed E-state index contributed by atoms with van der Waals surface area (Å²) in [4.78, 5) is 24.4. The zero-order chi connectivity index (χ0) is 24.4. The number of piperidine rings is 1. The molecule has 0 unspecified atom stereocenters. The molecule has 0 aliphatic carbocycles. The van der Waals surface area contributed by atoms with Gasteiger partial charge in [0.15, 0.2) is 11.6 Å². The van der Waals surface area contributed by atoms with Crippen molar-refractivity contribution in [1.82, 2.24) is 14.9 Å². The Morgan fingerprint density at radius 3 is 2.46 bits per heavy atom. The Kier molecular flexibility index (Phi) is 6.54. The van der Waals surface area contributed by atoms with E-state index in [1.54, 1.807) is 12.1 Å². The van der Waals surface area contributed by atoms with Crippen LogP contribution in [-0.2, 0) is 19.5 Å². The van der Waals surface area contributed by atoms with E-state index in [9.17, 15) is 18.9 Å². The van der Waals surface area contributed by atoms with Crippen molar-refractivity contribution in [3.8, 4) is 11.6 Å². The fourth-order valence-corrected chi connectivity index (χ4v) is 4.52. The van der Waals surface area contributed by atoms with Crippen LogP contribution in [0.4, 0.5) is 20.4 Å². The summed E-state index contributed by atoms with van der Waals surface area (Å²) in [6.07, 6.45) is 4.00. The molecule has 182 valence electrons. The lowest BCUT2D eigenvalue weighted by Gasteiger charge is -2.32. The number of nitro groups is 1. The highest BCUT2D eigenvalue weighted by molar-refractivity contribution is 5.44. The molecule has 35 heavy (non-hydrogen) atoms. The highest BCUT2D eigenvalue weighted by Gasteiger charge is 2.26. The molecule has 0 atom stereocenters. The van der Waals surface area contributed by atoms with Crippen LogP contribution in [0.5, 0.6) is 11.6 Å². The number of hydrogen-bond acceptors (Lipinski definition) is 7. The van der Waals surface area contributed by atoms with E-state index in [1.165, 1.54) is 24.6 Å². The molecule has 0 bridgehead atoms. The zero-order valence-electron chi connectivity index (χ0n) is 19.1. The molecule has 0 saturated carbocycles. The highest BCUT2D eigenvalue weighted by atomic mass is 19.2. The SMILES string of the molecule is O=[N+]([O-])c1ccc(CN2CCc3nc(N4CCCCC4)nc(Oc4ccc(F)c(F)c4)c3C2)cc1. The summed E-state index contributed by atoms with van der Waals surface area (Å²) in [5.41, 5.74) is 2.70. The second-order valence-corrected chi connectivity index (χ2v) is 8.86. The minimum absolute atomic E-state index is 0.0543. The topological polar surface area (TPSA) is 84.6 Å². The van der Waals surface area contributed by atoms with Gasteiger partial charge >= 0.3 is 0 Å². The lowest BCUT2D eigenvalue weighted by Crippen LogP contribution is -2.34. The van der Waals surface area contributed by atoms with E-state index < -0.39 is 16.6 Å². The number of rotatable bonds is 6. The van der Waals surface area contributed by atoms with Crippen molar-refractivity contribution in [2.75, 3.05) is 24.5 Å². The van der Waals surface area contributed by atoms with Crippen molar-refractivity contribution in [2.24, 2.45) is 0 Å². The molecule has 0 N–H and O–H groups in total. The van der Waals surface area contributed by atoms with Gasteiger partial charge in [-0.05, 0) is 37.0 Å². The van der Waals surface area contributed by atoms with Gasteiger partial charge in [-0.15, -0.1) is 0 Å². The maximum absolute atomic E-state index is 13.8. The van der Waals surface area contributed by atoms with Crippen LogP contribution in [0.3, 0.4) is 0 Å². The molecule has 1 aromatic heterocycles. The second-order valence-electron chi connectivity index (χ2n) is 8.86. The molecule has 10 heteroatoms. The summed E-state index contributed by atoms with van der Waals surface area (Å²) in [7, 11) is 0. The number of halogens is 2. The Balaban J connectivity index is 1.42. The normalized spacial score (nSPS) is 16.1. The number of aromatic nitrogens is 2. The number of nitro benzene ring substituents is 1. The molecule has 1 saturated heterocycles. The quantitative estimate of drug-likeness (QED) is 0.362. The Labute approximate surface area is 201 Å². The van der Waals surface area contributed by atoms with E-state index in [4.69, 9.17) is 14.7 Å². The summed E-state index contributed by atoms with van der Waals surface area (Å²) in [5.74, 6) is -0.812. The van der Waals surface area contributed by atoms with Crippen LogP contribution in [0, 0.1) is 21.7 Å². The lowest BCUT2D eigenvalue weighted by molar-refractivity contribution is -0.384. The first-order valence-electron chi connectivity index (χ1n) is 11.7.